The highest BCUT2D eigenvalue weighted by Crippen LogP contribution is 2.28. The van der Waals surface area contributed by atoms with Gasteiger partial charge in [0, 0.05) is 12.1 Å². The Balaban J connectivity index is 1.64. The Hall–Kier alpha value is -3.36. The molecule has 2 N–H and O–H groups in total. The molecule has 0 fully saturated rings. The first kappa shape index (κ1) is 18.4. The Morgan fingerprint density at radius 3 is 2.81 bits per heavy atom. The molecular weight excluding hydrogens is 352 g/mol. The number of nitrogens with one attached hydrogen (secondary N) is 2. The second-order valence-corrected chi connectivity index (χ2v) is 6.34. The molecule has 1 aliphatic rings. The molecule has 2 heterocycles. The third kappa shape index (κ3) is 4.08. The average Bonchev–Trinajstić information content (AvgIpc) is 3.09. The molecule has 9 nitrogen and oxygen atoms in total. The van der Waals surface area contributed by atoms with Gasteiger partial charge in [-0.05, 0) is 39.0 Å². The number of aromatic nitrogens is 2. The van der Waals surface area contributed by atoms with E-state index < -0.39 is 18.0 Å². The van der Waals surface area contributed by atoms with Gasteiger partial charge in [0.15, 0.2) is 12.7 Å². The van der Waals surface area contributed by atoms with Crippen molar-refractivity contribution in [3.05, 3.63) is 36.0 Å². The molecular formula is C18H20N4O5. The largest absolute Gasteiger partial charge is 0.482 e. The van der Waals surface area contributed by atoms with Gasteiger partial charge in [0.2, 0.25) is 0 Å². The number of carbonyl (C=O) groups excluding carboxylic acids is 3. The minimum absolute atomic E-state index is 0.0733. The second kappa shape index (κ2) is 7.48. The molecule has 0 spiro atoms. The van der Waals surface area contributed by atoms with Gasteiger partial charge in [-0.3, -0.25) is 9.59 Å². The van der Waals surface area contributed by atoms with Crippen LogP contribution in [0.3, 0.4) is 0 Å². The fourth-order valence-corrected chi connectivity index (χ4v) is 2.54. The summed E-state index contributed by atoms with van der Waals surface area (Å²) in [4.78, 5) is 35.9. The molecule has 0 saturated carbocycles. The summed E-state index contributed by atoms with van der Waals surface area (Å²) in [6.45, 7) is 5.24. The molecule has 2 amide bonds. The maximum Gasteiger partial charge on any atom is 0.339 e. The molecule has 1 aliphatic heterocycles. The number of ether oxygens (including phenoxy) is 2. The molecule has 0 radical (unpaired) electrons. The van der Waals surface area contributed by atoms with E-state index in [2.05, 4.69) is 15.7 Å². The van der Waals surface area contributed by atoms with Gasteiger partial charge in [-0.25, -0.2) is 9.48 Å². The van der Waals surface area contributed by atoms with E-state index in [0.29, 0.717) is 17.3 Å². The van der Waals surface area contributed by atoms with E-state index in [1.165, 1.54) is 19.1 Å². The lowest BCUT2D eigenvalue weighted by atomic mass is 10.1. The van der Waals surface area contributed by atoms with Gasteiger partial charge >= 0.3 is 5.97 Å². The van der Waals surface area contributed by atoms with Gasteiger partial charge in [0.25, 0.3) is 11.8 Å². The van der Waals surface area contributed by atoms with Crippen molar-refractivity contribution in [2.75, 3.05) is 17.2 Å². The molecule has 142 valence electrons. The monoisotopic (exact) mass is 372 g/mol. The third-order valence-corrected chi connectivity index (χ3v) is 3.91. The number of anilines is 2. The predicted octanol–water partition coefficient (Wildman–Crippen LogP) is 1.98. The van der Waals surface area contributed by atoms with Gasteiger partial charge in [-0.2, -0.15) is 5.10 Å². The van der Waals surface area contributed by atoms with Crippen molar-refractivity contribution >= 4 is 29.3 Å². The summed E-state index contributed by atoms with van der Waals surface area (Å²) >= 11 is 0. The van der Waals surface area contributed by atoms with Crippen LogP contribution in [0, 0.1) is 0 Å². The van der Waals surface area contributed by atoms with Gasteiger partial charge in [-0.15, -0.1) is 0 Å². The van der Waals surface area contributed by atoms with E-state index in [9.17, 15) is 14.4 Å². The van der Waals surface area contributed by atoms with E-state index in [-0.39, 0.29) is 24.1 Å². The quantitative estimate of drug-likeness (QED) is 0.776. The third-order valence-electron chi connectivity index (χ3n) is 3.91. The molecule has 27 heavy (non-hydrogen) atoms. The summed E-state index contributed by atoms with van der Waals surface area (Å²) in [6, 6.07) is 6.25. The highest BCUT2D eigenvalue weighted by atomic mass is 16.5. The van der Waals surface area contributed by atoms with Crippen molar-refractivity contribution in [1.82, 2.24) is 9.78 Å². The molecule has 1 aromatic heterocycles. The average molecular weight is 372 g/mol. The molecule has 9 heteroatoms. The predicted molar refractivity (Wildman–Crippen MR) is 96.7 cm³/mol. The van der Waals surface area contributed by atoms with Gasteiger partial charge in [0.05, 0.1) is 17.4 Å². The van der Waals surface area contributed by atoms with Crippen LogP contribution in [0.15, 0.2) is 30.5 Å². The Bertz CT molecular complexity index is 890. The van der Waals surface area contributed by atoms with Crippen LogP contribution in [0.1, 0.15) is 37.2 Å². The van der Waals surface area contributed by atoms with Gasteiger partial charge in [0.1, 0.15) is 11.6 Å². The fourth-order valence-electron chi connectivity index (χ4n) is 2.54. The Morgan fingerprint density at radius 2 is 2.07 bits per heavy atom. The first-order chi connectivity index (χ1) is 12.8. The number of esters is 1. The number of benzene rings is 1. The number of rotatable bonds is 5. The topological polar surface area (TPSA) is 112 Å². The molecule has 3 rings (SSSR count). The minimum atomic E-state index is -1.01. The van der Waals surface area contributed by atoms with E-state index in [4.69, 9.17) is 9.47 Å². The number of carbonyl (C=O) groups is 3. The number of amides is 2. The molecule has 1 unspecified atom stereocenters. The van der Waals surface area contributed by atoms with E-state index in [0.717, 1.165) is 0 Å². The molecule has 1 aromatic carbocycles. The van der Waals surface area contributed by atoms with Crippen LogP contribution < -0.4 is 15.4 Å². The Labute approximate surface area is 155 Å². The summed E-state index contributed by atoms with van der Waals surface area (Å²) < 4.78 is 12.2. The van der Waals surface area contributed by atoms with Crippen LogP contribution in [0.25, 0.3) is 0 Å². The Kier molecular flexibility index (Phi) is 5.11. The summed E-state index contributed by atoms with van der Waals surface area (Å²) in [6.07, 6.45) is 0.572. The lowest BCUT2D eigenvalue weighted by Crippen LogP contribution is -2.31. The van der Waals surface area contributed by atoms with Crippen LogP contribution in [0.2, 0.25) is 0 Å². The van der Waals surface area contributed by atoms with E-state index in [1.54, 1.807) is 23.0 Å². The summed E-state index contributed by atoms with van der Waals surface area (Å²) in [5.74, 6) is -0.493. The molecule has 0 aliphatic carbocycles. The minimum Gasteiger partial charge on any atom is -0.482 e. The maximum absolute atomic E-state index is 12.3. The summed E-state index contributed by atoms with van der Waals surface area (Å²) in [5, 5.41) is 9.46. The van der Waals surface area contributed by atoms with Crippen molar-refractivity contribution in [3.8, 4) is 5.75 Å². The Morgan fingerprint density at radius 1 is 1.30 bits per heavy atom. The zero-order valence-electron chi connectivity index (χ0n) is 15.2. The first-order valence-corrected chi connectivity index (χ1v) is 8.47. The van der Waals surface area contributed by atoms with Crippen molar-refractivity contribution in [2.45, 2.75) is 32.9 Å². The highest BCUT2D eigenvalue weighted by Gasteiger charge is 2.23. The van der Waals surface area contributed by atoms with E-state index >= 15 is 0 Å². The molecule has 0 saturated heterocycles. The summed E-state index contributed by atoms with van der Waals surface area (Å²) in [7, 11) is 0. The van der Waals surface area contributed by atoms with Gasteiger partial charge < -0.3 is 20.1 Å². The number of fused-ring (bicyclic) bond motifs is 1. The maximum atomic E-state index is 12.3. The van der Waals surface area contributed by atoms with Crippen molar-refractivity contribution < 1.29 is 23.9 Å². The fraction of sp³-hybridized carbons (Fsp3) is 0.333. The second-order valence-electron chi connectivity index (χ2n) is 6.34. The van der Waals surface area contributed by atoms with Crippen LogP contribution in [-0.4, -0.2) is 40.3 Å². The van der Waals surface area contributed by atoms with E-state index in [1.807, 2.05) is 13.8 Å². The number of hydrogen-bond donors (Lipinski definition) is 2. The SMILES string of the molecule is CC(OC(=O)c1ccc2c(c1)OCC(=O)N2)C(=O)Nc1ccnn1C(C)C. The number of hydrogen-bond acceptors (Lipinski definition) is 6. The zero-order valence-corrected chi connectivity index (χ0v) is 15.2. The standard InChI is InChI=1S/C18H20N4O5/c1-10(2)22-15(6-7-19-22)21-17(24)11(3)27-18(25)12-4-5-13-14(8-12)26-9-16(23)20-13/h4-8,10-11H,9H2,1-3H3,(H,20,23)(H,21,24). The van der Waals surface area contributed by atoms with Crippen LogP contribution in [0.5, 0.6) is 5.75 Å². The van der Waals surface area contributed by atoms with Crippen molar-refractivity contribution in [3.63, 3.8) is 0 Å². The summed E-state index contributed by atoms with van der Waals surface area (Å²) in [5.41, 5.74) is 0.701. The normalized spacial score (nSPS) is 14.0. The van der Waals surface area contributed by atoms with Crippen LogP contribution >= 0.6 is 0 Å². The number of nitrogens with zero attached hydrogens (tertiary/aromatic N) is 2. The molecule has 2 aromatic rings. The molecule has 0 bridgehead atoms. The first-order valence-electron chi connectivity index (χ1n) is 8.47. The lowest BCUT2D eigenvalue weighted by Gasteiger charge is -2.19. The van der Waals surface area contributed by atoms with Crippen molar-refractivity contribution in [1.29, 1.82) is 0 Å². The van der Waals surface area contributed by atoms with Crippen LogP contribution in [0.4, 0.5) is 11.5 Å². The smallest absolute Gasteiger partial charge is 0.339 e. The van der Waals surface area contributed by atoms with Crippen molar-refractivity contribution in [2.24, 2.45) is 0 Å². The zero-order chi connectivity index (χ0) is 19.6. The molecule has 1 atom stereocenters. The van der Waals surface area contributed by atoms with Gasteiger partial charge in [-0.1, -0.05) is 0 Å². The van der Waals surface area contributed by atoms with Crippen LogP contribution in [-0.2, 0) is 14.3 Å². The highest BCUT2D eigenvalue weighted by molar-refractivity contribution is 5.99. The lowest BCUT2D eigenvalue weighted by molar-refractivity contribution is -0.123.